The summed E-state index contributed by atoms with van der Waals surface area (Å²) in [5, 5.41) is 0. The van der Waals surface area contributed by atoms with Crippen molar-refractivity contribution >= 4 is 15.9 Å². The molecule has 1 aliphatic rings. The molecule has 0 saturated carbocycles. The number of sulfonamides is 1. The summed E-state index contributed by atoms with van der Waals surface area (Å²) in [6.45, 7) is 5.91. The highest BCUT2D eigenvalue weighted by molar-refractivity contribution is 7.89. The van der Waals surface area contributed by atoms with Crippen LogP contribution in [0.25, 0.3) is 0 Å². The second-order valence-electron chi connectivity index (χ2n) is 7.09. The van der Waals surface area contributed by atoms with E-state index in [-0.39, 0.29) is 16.8 Å². The first-order valence-electron chi connectivity index (χ1n) is 9.16. The lowest BCUT2D eigenvalue weighted by molar-refractivity contribution is 0.0582. The lowest BCUT2D eigenvalue weighted by Crippen LogP contribution is -2.39. The quantitative estimate of drug-likeness (QED) is 0.527. The molecule has 1 aromatic rings. The Hall–Kier alpha value is -1.88. The minimum absolute atomic E-state index is 0.0702. The Morgan fingerprint density at radius 1 is 1.30 bits per heavy atom. The van der Waals surface area contributed by atoms with Gasteiger partial charge < -0.3 is 9.64 Å². The molecule has 1 aliphatic heterocycles. The van der Waals surface area contributed by atoms with Gasteiger partial charge in [0, 0.05) is 31.7 Å². The number of rotatable bonds is 7. The summed E-state index contributed by atoms with van der Waals surface area (Å²) in [6, 6.07) is 6.04. The van der Waals surface area contributed by atoms with E-state index in [1.54, 1.807) is 24.1 Å². The third-order valence-electron chi connectivity index (χ3n) is 4.95. The second kappa shape index (κ2) is 9.36. The average Bonchev–Trinajstić information content (AvgIpc) is 2.67. The molecule has 0 aliphatic carbocycles. The molecule has 1 aromatic carbocycles. The zero-order valence-electron chi connectivity index (χ0n) is 16.2. The maximum Gasteiger partial charge on any atom is 0.253 e. The molecule has 0 radical (unpaired) electrons. The van der Waals surface area contributed by atoms with Gasteiger partial charge in [-0.15, -0.1) is 6.42 Å². The summed E-state index contributed by atoms with van der Waals surface area (Å²) in [7, 11) is -1.99. The topological polar surface area (TPSA) is 66.9 Å². The van der Waals surface area contributed by atoms with Crippen LogP contribution in [-0.2, 0) is 14.8 Å². The van der Waals surface area contributed by atoms with Crippen molar-refractivity contribution in [2.75, 3.05) is 33.4 Å². The molecule has 0 spiro atoms. The first kappa shape index (κ1) is 21.4. The fourth-order valence-corrected chi connectivity index (χ4v) is 4.35. The highest BCUT2D eigenvalue weighted by Crippen LogP contribution is 2.21. The maximum absolute atomic E-state index is 12.7. The zero-order valence-corrected chi connectivity index (χ0v) is 17.0. The molecule has 27 heavy (non-hydrogen) atoms. The average molecular weight is 393 g/mol. The molecule has 1 amide bonds. The molecule has 0 N–H and O–H groups in total. The minimum Gasteiger partial charge on any atom is -0.369 e. The summed E-state index contributed by atoms with van der Waals surface area (Å²) in [6.07, 6.45) is 6.92. The Bertz CT molecular complexity index is 773. The van der Waals surface area contributed by atoms with Crippen molar-refractivity contribution in [1.82, 2.24) is 9.21 Å². The predicted octanol–water partition coefficient (Wildman–Crippen LogP) is 2.22. The van der Waals surface area contributed by atoms with Gasteiger partial charge in [-0.2, -0.15) is 4.31 Å². The van der Waals surface area contributed by atoms with Crippen LogP contribution in [-0.4, -0.2) is 62.9 Å². The molecule has 0 aromatic heterocycles. The van der Waals surface area contributed by atoms with Gasteiger partial charge >= 0.3 is 0 Å². The molecule has 148 valence electrons. The predicted molar refractivity (Wildman–Crippen MR) is 105 cm³/mol. The van der Waals surface area contributed by atoms with Crippen molar-refractivity contribution in [3.63, 3.8) is 0 Å². The number of nitrogens with zero attached hydrogens (tertiary/aromatic N) is 2. The molecule has 1 saturated heterocycles. The zero-order chi connectivity index (χ0) is 20.0. The summed E-state index contributed by atoms with van der Waals surface area (Å²) < 4.78 is 31.7. The van der Waals surface area contributed by atoms with Gasteiger partial charge in [0.05, 0.1) is 11.5 Å². The minimum atomic E-state index is -3.54. The van der Waals surface area contributed by atoms with Crippen molar-refractivity contribution < 1.29 is 17.9 Å². The van der Waals surface area contributed by atoms with E-state index >= 15 is 0 Å². The maximum atomic E-state index is 12.7. The van der Waals surface area contributed by atoms with Crippen LogP contribution in [0.15, 0.2) is 29.2 Å². The number of hydrogen-bond donors (Lipinski definition) is 0. The molecular weight excluding hydrogens is 364 g/mol. The van der Waals surface area contributed by atoms with Gasteiger partial charge in [-0.3, -0.25) is 4.79 Å². The number of terminal acetylenes is 1. The first-order valence-corrected chi connectivity index (χ1v) is 10.6. The van der Waals surface area contributed by atoms with Gasteiger partial charge in [0.1, 0.15) is 6.61 Å². The Morgan fingerprint density at radius 3 is 2.41 bits per heavy atom. The molecule has 1 fully saturated rings. The van der Waals surface area contributed by atoms with Crippen molar-refractivity contribution in [2.45, 2.75) is 37.6 Å². The standard InChI is InChI=1S/C20H28N2O4S/c1-5-14-26-15-17-10-12-22(13-11-17)20(23)18-6-8-19(9-7-18)27(24,25)21(4)16(2)3/h1,6-9,16-17H,10-15H2,2-4H3. The van der Waals surface area contributed by atoms with Crippen LogP contribution < -0.4 is 0 Å². The lowest BCUT2D eigenvalue weighted by atomic mass is 9.97. The summed E-state index contributed by atoms with van der Waals surface area (Å²) in [5.74, 6) is 2.80. The van der Waals surface area contributed by atoms with Crippen LogP contribution in [0.5, 0.6) is 0 Å². The van der Waals surface area contributed by atoms with Crippen LogP contribution in [0, 0.1) is 18.3 Å². The molecule has 0 atom stereocenters. The van der Waals surface area contributed by atoms with Gasteiger partial charge in [-0.1, -0.05) is 5.92 Å². The van der Waals surface area contributed by atoms with E-state index in [4.69, 9.17) is 11.2 Å². The number of carbonyl (C=O) groups excluding carboxylic acids is 1. The van der Waals surface area contributed by atoms with E-state index in [9.17, 15) is 13.2 Å². The summed E-state index contributed by atoms with van der Waals surface area (Å²) >= 11 is 0. The first-order chi connectivity index (χ1) is 12.8. The Morgan fingerprint density at radius 2 is 1.89 bits per heavy atom. The van der Waals surface area contributed by atoms with Crippen molar-refractivity contribution in [3.05, 3.63) is 29.8 Å². The number of ether oxygens (including phenoxy) is 1. The van der Waals surface area contributed by atoms with Crippen LogP contribution in [0.1, 0.15) is 37.0 Å². The van der Waals surface area contributed by atoms with E-state index in [2.05, 4.69) is 5.92 Å². The SMILES string of the molecule is C#CCOCC1CCN(C(=O)c2ccc(S(=O)(=O)N(C)C(C)C)cc2)CC1. The number of carbonyl (C=O) groups is 1. The fraction of sp³-hybridized carbons (Fsp3) is 0.550. The van der Waals surface area contributed by atoms with Crippen LogP contribution >= 0.6 is 0 Å². The Kier molecular flexibility index (Phi) is 7.42. The van der Waals surface area contributed by atoms with Crippen LogP contribution in [0.3, 0.4) is 0 Å². The van der Waals surface area contributed by atoms with E-state index in [1.807, 2.05) is 13.8 Å². The number of amides is 1. The molecule has 6 nitrogen and oxygen atoms in total. The lowest BCUT2D eigenvalue weighted by Gasteiger charge is -2.32. The van der Waals surface area contributed by atoms with E-state index in [0.717, 1.165) is 12.8 Å². The van der Waals surface area contributed by atoms with E-state index in [0.29, 0.717) is 37.8 Å². The van der Waals surface area contributed by atoms with Gasteiger partial charge in [-0.05, 0) is 56.9 Å². The molecule has 7 heteroatoms. The molecule has 0 bridgehead atoms. The Balaban J connectivity index is 1.98. The third kappa shape index (κ3) is 5.32. The van der Waals surface area contributed by atoms with Gasteiger partial charge in [0.25, 0.3) is 5.91 Å². The second-order valence-corrected chi connectivity index (χ2v) is 9.09. The van der Waals surface area contributed by atoms with Gasteiger partial charge in [0.15, 0.2) is 0 Å². The highest BCUT2D eigenvalue weighted by atomic mass is 32.2. The largest absolute Gasteiger partial charge is 0.369 e. The highest BCUT2D eigenvalue weighted by Gasteiger charge is 2.26. The summed E-state index contributed by atoms with van der Waals surface area (Å²) in [4.78, 5) is 14.7. The van der Waals surface area contributed by atoms with E-state index < -0.39 is 10.0 Å². The number of likely N-dealkylation sites (tertiary alicyclic amines) is 1. The van der Waals surface area contributed by atoms with Crippen LogP contribution in [0.4, 0.5) is 0 Å². The number of benzene rings is 1. The molecule has 2 rings (SSSR count). The van der Waals surface area contributed by atoms with E-state index in [1.165, 1.54) is 16.4 Å². The van der Waals surface area contributed by atoms with Crippen molar-refractivity contribution in [2.24, 2.45) is 5.92 Å². The van der Waals surface area contributed by atoms with Gasteiger partial charge in [-0.25, -0.2) is 8.42 Å². The van der Waals surface area contributed by atoms with Crippen molar-refractivity contribution in [3.8, 4) is 12.3 Å². The monoisotopic (exact) mass is 392 g/mol. The normalized spacial score (nSPS) is 15.9. The molecule has 1 heterocycles. The number of piperidine rings is 1. The third-order valence-corrected chi connectivity index (χ3v) is 6.99. The van der Waals surface area contributed by atoms with Gasteiger partial charge in [0.2, 0.25) is 10.0 Å². The molecular formula is C20H28N2O4S. The van der Waals surface area contributed by atoms with Crippen molar-refractivity contribution in [1.29, 1.82) is 0 Å². The number of hydrogen-bond acceptors (Lipinski definition) is 4. The smallest absolute Gasteiger partial charge is 0.253 e. The summed E-state index contributed by atoms with van der Waals surface area (Å²) in [5.41, 5.74) is 0.503. The fourth-order valence-electron chi connectivity index (χ4n) is 2.98. The Labute approximate surface area is 162 Å². The van der Waals surface area contributed by atoms with Crippen LogP contribution in [0.2, 0.25) is 0 Å². The molecule has 0 unspecified atom stereocenters.